The zero-order chi connectivity index (χ0) is 14.5. The molecule has 1 unspecified atom stereocenters. The van der Waals surface area contributed by atoms with E-state index in [1.165, 1.54) is 6.20 Å². The first-order chi connectivity index (χ1) is 9.63. The van der Waals surface area contributed by atoms with Gasteiger partial charge in [-0.05, 0) is 25.0 Å². The Morgan fingerprint density at radius 2 is 2.15 bits per heavy atom. The minimum absolute atomic E-state index is 0.249. The van der Waals surface area contributed by atoms with Crippen LogP contribution in [0.4, 0.5) is 4.39 Å². The summed E-state index contributed by atoms with van der Waals surface area (Å²) < 4.78 is 19.5. The van der Waals surface area contributed by atoms with Crippen molar-refractivity contribution in [3.05, 3.63) is 59.2 Å². The molecule has 4 heteroatoms. The van der Waals surface area contributed by atoms with Crippen molar-refractivity contribution in [1.29, 1.82) is 0 Å². The summed E-state index contributed by atoms with van der Waals surface area (Å²) in [7, 11) is 0. The van der Waals surface area contributed by atoms with Gasteiger partial charge in [-0.1, -0.05) is 25.1 Å². The van der Waals surface area contributed by atoms with Crippen LogP contribution in [0.5, 0.6) is 5.75 Å². The van der Waals surface area contributed by atoms with E-state index in [4.69, 9.17) is 4.74 Å². The molecule has 1 heterocycles. The highest BCUT2D eigenvalue weighted by Gasteiger charge is 2.17. The van der Waals surface area contributed by atoms with Gasteiger partial charge in [0.25, 0.3) is 0 Å². The number of nitrogens with zero attached hydrogens (tertiary/aromatic N) is 1. The van der Waals surface area contributed by atoms with Crippen LogP contribution in [0.3, 0.4) is 0 Å². The monoisotopic (exact) mass is 275 g/mol. The summed E-state index contributed by atoms with van der Waals surface area (Å²) in [4.78, 5) is 4.03. The number of pyridine rings is 1. The third-order valence-corrected chi connectivity index (χ3v) is 3.04. The smallest absolute Gasteiger partial charge is 0.137 e. The Kier molecular flexibility index (Phi) is 4.69. The number of aliphatic hydroxyl groups excluding tert-OH is 1. The first-order valence-electron chi connectivity index (χ1n) is 6.64. The summed E-state index contributed by atoms with van der Waals surface area (Å²) in [5.74, 6) is 0.191. The quantitative estimate of drug-likeness (QED) is 0.909. The standard InChI is InChI=1S/C16H18FNO2/c1-3-7-20-13-8-12(9-18-10-13)16(19)14-6-4-5-11(2)15(14)17/h4-6,8-10,16,19H,3,7H2,1-2H3. The molecule has 1 aromatic carbocycles. The lowest BCUT2D eigenvalue weighted by atomic mass is 10.0. The lowest BCUT2D eigenvalue weighted by Crippen LogP contribution is -2.05. The summed E-state index contributed by atoms with van der Waals surface area (Å²) in [6.07, 6.45) is 2.94. The lowest BCUT2D eigenvalue weighted by Gasteiger charge is -2.14. The van der Waals surface area contributed by atoms with E-state index in [2.05, 4.69) is 4.98 Å². The highest BCUT2D eigenvalue weighted by molar-refractivity contribution is 5.35. The van der Waals surface area contributed by atoms with Crippen LogP contribution in [0.2, 0.25) is 0 Å². The molecule has 0 amide bonds. The van der Waals surface area contributed by atoms with Gasteiger partial charge in [0.2, 0.25) is 0 Å². The number of aromatic nitrogens is 1. The lowest BCUT2D eigenvalue weighted by molar-refractivity contribution is 0.213. The maximum atomic E-state index is 14.0. The Morgan fingerprint density at radius 3 is 2.90 bits per heavy atom. The number of aryl methyl sites for hydroxylation is 1. The van der Waals surface area contributed by atoms with Gasteiger partial charge in [0, 0.05) is 17.3 Å². The molecule has 0 aliphatic rings. The van der Waals surface area contributed by atoms with E-state index in [-0.39, 0.29) is 11.4 Å². The molecule has 1 atom stereocenters. The fourth-order valence-electron chi connectivity index (χ4n) is 1.94. The average molecular weight is 275 g/mol. The highest BCUT2D eigenvalue weighted by atomic mass is 19.1. The van der Waals surface area contributed by atoms with E-state index in [0.29, 0.717) is 23.5 Å². The molecule has 0 fully saturated rings. The van der Waals surface area contributed by atoms with Crippen LogP contribution in [-0.4, -0.2) is 16.7 Å². The first kappa shape index (κ1) is 14.5. The average Bonchev–Trinajstić information content (AvgIpc) is 2.47. The summed E-state index contributed by atoms with van der Waals surface area (Å²) in [6, 6.07) is 6.66. The van der Waals surface area contributed by atoms with E-state index in [0.717, 1.165) is 6.42 Å². The topological polar surface area (TPSA) is 42.4 Å². The van der Waals surface area contributed by atoms with Crippen LogP contribution in [-0.2, 0) is 0 Å². The minimum Gasteiger partial charge on any atom is -0.492 e. The molecule has 0 radical (unpaired) electrons. The molecule has 2 rings (SSSR count). The van der Waals surface area contributed by atoms with E-state index in [9.17, 15) is 9.50 Å². The molecule has 20 heavy (non-hydrogen) atoms. The molecule has 106 valence electrons. The van der Waals surface area contributed by atoms with Crippen molar-refractivity contribution >= 4 is 0 Å². The fourth-order valence-corrected chi connectivity index (χ4v) is 1.94. The Bertz CT molecular complexity index is 586. The Morgan fingerprint density at radius 1 is 1.35 bits per heavy atom. The van der Waals surface area contributed by atoms with E-state index >= 15 is 0 Å². The number of aliphatic hydroxyl groups is 1. The number of hydrogen-bond donors (Lipinski definition) is 1. The van der Waals surface area contributed by atoms with Crippen molar-refractivity contribution in [1.82, 2.24) is 4.98 Å². The second-order valence-electron chi connectivity index (χ2n) is 4.68. The molecule has 2 aromatic rings. The van der Waals surface area contributed by atoms with Crippen molar-refractivity contribution in [2.45, 2.75) is 26.4 Å². The van der Waals surface area contributed by atoms with Crippen LogP contribution < -0.4 is 4.74 Å². The van der Waals surface area contributed by atoms with Gasteiger partial charge in [-0.2, -0.15) is 0 Å². The number of benzene rings is 1. The molecular weight excluding hydrogens is 257 g/mol. The van der Waals surface area contributed by atoms with Crippen LogP contribution >= 0.6 is 0 Å². The predicted octanol–water partition coefficient (Wildman–Crippen LogP) is 3.40. The third kappa shape index (κ3) is 3.14. The van der Waals surface area contributed by atoms with E-state index in [1.807, 2.05) is 6.92 Å². The summed E-state index contributed by atoms with van der Waals surface area (Å²) in [5, 5.41) is 10.3. The van der Waals surface area contributed by atoms with Crippen LogP contribution in [0, 0.1) is 12.7 Å². The van der Waals surface area contributed by atoms with Gasteiger partial charge in [-0.25, -0.2) is 4.39 Å². The molecule has 0 aliphatic heterocycles. The van der Waals surface area contributed by atoms with Crippen LogP contribution in [0.1, 0.15) is 36.1 Å². The molecule has 0 aliphatic carbocycles. The molecule has 1 aromatic heterocycles. The molecule has 0 bridgehead atoms. The molecule has 3 nitrogen and oxygen atoms in total. The van der Waals surface area contributed by atoms with Crippen LogP contribution in [0.25, 0.3) is 0 Å². The molecular formula is C16H18FNO2. The van der Waals surface area contributed by atoms with Crippen molar-refractivity contribution < 1.29 is 14.2 Å². The molecule has 1 N–H and O–H groups in total. The normalized spacial score (nSPS) is 12.2. The Hall–Kier alpha value is -1.94. The van der Waals surface area contributed by atoms with Crippen molar-refractivity contribution in [3.63, 3.8) is 0 Å². The van der Waals surface area contributed by atoms with E-state index < -0.39 is 6.10 Å². The number of ether oxygens (including phenoxy) is 1. The van der Waals surface area contributed by atoms with Gasteiger partial charge < -0.3 is 9.84 Å². The zero-order valence-corrected chi connectivity index (χ0v) is 11.6. The van der Waals surface area contributed by atoms with E-state index in [1.54, 1.807) is 37.4 Å². The summed E-state index contributed by atoms with van der Waals surface area (Å²) in [5.41, 5.74) is 1.27. The maximum Gasteiger partial charge on any atom is 0.137 e. The van der Waals surface area contributed by atoms with Gasteiger partial charge in [-0.15, -0.1) is 0 Å². The summed E-state index contributed by atoms with van der Waals surface area (Å²) >= 11 is 0. The molecule has 0 saturated heterocycles. The van der Waals surface area contributed by atoms with Gasteiger partial charge in [-0.3, -0.25) is 4.98 Å². The number of halogens is 1. The van der Waals surface area contributed by atoms with Gasteiger partial charge in [0.05, 0.1) is 12.8 Å². The second-order valence-corrected chi connectivity index (χ2v) is 4.68. The maximum absolute atomic E-state index is 14.0. The fraction of sp³-hybridized carbons (Fsp3) is 0.312. The first-order valence-corrected chi connectivity index (χ1v) is 6.64. The van der Waals surface area contributed by atoms with Gasteiger partial charge >= 0.3 is 0 Å². The van der Waals surface area contributed by atoms with Crippen LogP contribution in [0.15, 0.2) is 36.7 Å². The molecule has 0 saturated carbocycles. The van der Waals surface area contributed by atoms with Crippen molar-refractivity contribution in [2.75, 3.05) is 6.61 Å². The SMILES string of the molecule is CCCOc1cncc(C(O)c2cccc(C)c2F)c1. The second kappa shape index (κ2) is 6.48. The highest BCUT2D eigenvalue weighted by Crippen LogP contribution is 2.27. The van der Waals surface area contributed by atoms with Gasteiger partial charge in [0.1, 0.15) is 17.7 Å². The number of hydrogen-bond acceptors (Lipinski definition) is 3. The Balaban J connectivity index is 2.28. The third-order valence-electron chi connectivity index (χ3n) is 3.04. The largest absolute Gasteiger partial charge is 0.492 e. The predicted molar refractivity (Wildman–Crippen MR) is 75.2 cm³/mol. The summed E-state index contributed by atoms with van der Waals surface area (Å²) in [6.45, 7) is 4.26. The van der Waals surface area contributed by atoms with Crippen molar-refractivity contribution in [2.24, 2.45) is 0 Å². The number of rotatable bonds is 5. The minimum atomic E-state index is -1.05. The molecule has 0 spiro atoms. The Labute approximate surface area is 118 Å². The zero-order valence-electron chi connectivity index (χ0n) is 11.6. The van der Waals surface area contributed by atoms with Crippen molar-refractivity contribution in [3.8, 4) is 5.75 Å². The van der Waals surface area contributed by atoms with Gasteiger partial charge in [0.15, 0.2) is 0 Å².